The molecule has 0 N–H and O–H groups in total. The molecule has 1 heterocycles. The Bertz CT molecular complexity index is 2570. The van der Waals surface area contributed by atoms with Crippen LogP contribution in [0.15, 0.2) is 206 Å². The van der Waals surface area contributed by atoms with E-state index in [1.54, 1.807) is 0 Å². The summed E-state index contributed by atoms with van der Waals surface area (Å²) in [6.07, 6.45) is 0. The van der Waals surface area contributed by atoms with E-state index in [0.717, 1.165) is 28.3 Å². The lowest BCUT2D eigenvalue weighted by molar-refractivity contribution is 1.18. The molecule has 0 aliphatic rings. The zero-order valence-electron chi connectivity index (χ0n) is 27.5. The summed E-state index contributed by atoms with van der Waals surface area (Å²) in [6.45, 7) is 0. The molecular weight excluding hydrogens is 605 g/mol. The zero-order valence-corrected chi connectivity index (χ0v) is 27.5. The smallest absolute Gasteiger partial charge is 0.0562 e. The number of anilines is 3. The van der Waals surface area contributed by atoms with Gasteiger partial charge in [-0.25, -0.2) is 0 Å². The van der Waals surface area contributed by atoms with E-state index < -0.39 is 0 Å². The average Bonchev–Trinajstić information content (AvgIpc) is 3.53. The van der Waals surface area contributed by atoms with Crippen LogP contribution in [0.3, 0.4) is 0 Å². The minimum Gasteiger partial charge on any atom is -0.310 e. The van der Waals surface area contributed by atoms with Gasteiger partial charge in [0, 0.05) is 33.4 Å². The molecule has 2 heteroatoms. The molecular formula is C48H34N2. The van der Waals surface area contributed by atoms with Gasteiger partial charge in [0.15, 0.2) is 0 Å². The number of para-hydroxylation sites is 3. The lowest BCUT2D eigenvalue weighted by Crippen LogP contribution is -2.11. The fraction of sp³-hybridized carbons (Fsp3) is 0. The van der Waals surface area contributed by atoms with Gasteiger partial charge in [-0.2, -0.15) is 0 Å². The molecule has 50 heavy (non-hydrogen) atoms. The van der Waals surface area contributed by atoms with Gasteiger partial charge >= 0.3 is 0 Å². The molecule has 8 aromatic carbocycles. The third-order valence-electron chi connectivity index (χ3n) is 9.59. The number of fused-ring (bicyclic) bond motifs is 3. The van der Waals surface area contributed by atoms with Crippen LogP contribution in [0.4, 0.5) is 17.1 Å². The number of nitrogens with zero attached hydrogens (tertiary/aromatic N) is 2. The first-order valence-electron chi connectivity index (χ1n) is 17.1. The van der Waals surface area contributed by atoms with E-state index in [1.165, 1.54) is 49.7 Å². The molecule has 0 aliphatic heterocycles. The van der Waals surface area contributed by atoms with E-state index in [2.05, 4.69) is 216 Å². The van der Waals surface area contributed by atoms with Crippen LogP contribution < -0.4 is 4.90 Å². The van der Waals surface area contributed by atoms with E-state index >= 15 is 0 Å². The number of benzene rings is 8. The van der Waals surface area contributed by atoms with Crippen LogP contribution in [-0.2, 0) is 0 Å². The molecule has 0 spiro atoms. The summed E-state index contributed by atoms with van der Waals surface area (Å²) >= 11 is 0. The van der Waals surface area contributed by atoms with Gasteiger partial charge in [0.05, 0.1) is 16.7 Å². The summed E-state index contributed by atoms with van der Waals surface area (Å²) in [5.74, 6) is 0. The number of hydrogen-bond donors (Lipinski definition) is 0. The second-order valence-electron chi connectivity index (χ2n) is 12.5. The third-order valence-corrected chi connectivity index (χ3v) is 9.59. The minimum atomic E-state index is 1.10. The summed E-state index contributed by atoms with van der Waals surface area (Å²) in [5, 5.41) is 2.47. The van der Waals surface area contributed by atoms with Crippen LogP contribution in [0.2, 0.25) is 0 Å². The molecule has 0 aliphatic carbocycles. The number of rotatable bonds is 7. The van der Waals surface area contributed by atoms with Crippen molar-refractivity contribution in [1.29, 1.82) is 0 Å². The highest BCUT2D eigenvalue weighted by atomic mass is 15.1. The Kier molecular flexibility index (Phi) is 7.53. The maximum Gasteiger partial charge on any atom is 0.0562 e. The van der Waals surface area contributed by atoms with E-state index in [-0.39, 0.29) is 0 Å². The molecule has 0 fully saturated rings. The van der Waals surface area contributed by atoms with Crippen LogP contribution in [0, 0.1) is 0 Å². The monoisotopic (exact) mass is 638 g/mol. The molecule has 0 radical (unpaired) electrons. The van der Waals surface area contributed by atoms with Crippen LogP contribution >= 0.6 is 0 Å². The molecule has 0 atom stereocenters. The number of hydrogen-bond acceptors (Lipinski definition) is 1. The second-order valence-corrected chi connectivity index (χ2v) is 12.5. The van der Waals surface area contributed by atoms with Crippen LogP contribution in [0.5, 0.6) is 0 Å². The van der Waals surface area contributed by atoms with Gasteiger partial charge in [-0.3, -0.25) is 0 Å². The van der Waals surface area contributed by atoms with Crippen molar-refractivity contribution in [2.75, 3.05) is 4.90 Å². The Labute approximate surface area is 292 Å². The van der Waals surface area contributed by atoms with Crippen molar-refractivity contribution in [2.24, 2.45) is 0 Å². The Morgan fingerprint density at radius 2 is 0.880 bits per heavy atom. The minimum absolute atomic E-state index is 1.10. The Balaban J connectivity index is 1.33. The van der Waals surface area contributed by atoms with Gasteiger partial charge in [-0.15, -0.1) is 0 Å². The maximum absolute atomic E-state index is 2.43. The summed E-state index contributed by atoms with van der Waals surface area (Å²) in [4.78, 5) is 2.39. The summed E-state index contributed by atoms with van der Waals surface area (Å²) in [7, 11) is 0. The molecule has 1 aromatic heterocycles. The highest BCUT2D eigenvalue weighted by molar-refractivity contribution is 6.17. The van der Waals surface area contributed by atoms with Crippen molar-refractivity contribution in [3.8, 4) is 39.1 Å². The van der Waals surface area contributed by atoms with Crippen LogP contribution in [-0.4, -0.2) is 4.57 Å². The highest BCUT2D eigenvalue weighted by Gasteiger charge is 2.22. The number of aromatic nitrogens is 1. The Morgan fingerprint density at radius 3 is 1.58 bits per heavy atom. The SMILES string of the molecule is c1ccc(-c2ccccc2-c2cccc3c2c2ccc(N(c4ccccc4)c4ccccc4-c4ccccc4)cc2n3-c2ccccc2)cc1. The maximum atomic E-state index is 2.43. The van der Waals surface area contributed by atoms with Gasteiger partial charge in [0.25, 0.3) is 0 Å². The zero-order chi connectivity index (χ0) is 33.3. The van der Waals surface area contributed by atoms with Crippen molar-refractivity contribution in [3.05, 3.63) is 206 Å². The van der Waals surface area contributed by atoms with Gasteiger partial charge in [0.1, 0.15) is 0 Å². The molecule has 0 saturated heterocycles. The van der Waals surface area contributed by atoms with Crippen molar-refractivity contribution >= 4 is 38.9 Å². The first-order valence-corrected chi connectivity index (χ1v) is 17.1. The molecule has 236 valence electrons. The molecule has 2 nitrogen and oxygen atoms in total. The van der Waals surface area contributed by atoms with E-state index in [1.807, 2.05) is 0 Å². The Morgan fingerprint density at radius 1 is 0.340 bits per heavy atom. The normalized spacial score (nSPS) is 11.2. The standard InChI is InChI=1S/C48H34N2/c1-5-18-35(19-6-1)40-26-13-14-28-42(40)43-29-17-31-46-48(43)44-33-32-39(34-47(44)50(46)38-24-11-4-12-25-38)49(37-22-9-3-10-23-37)45-30-16-15-27-41(45)36-20-7-2-8-21-36/h1-34H. The first kappa shape index (κ1) is 29.5. The molecule has 0 unspecified atom stereocenters. The molecule has 0 bridgehead atoms. The molecule has 0 amide bonds. The highest BCUT2D eigenvalue weighted by Crippen LogP contribution is 2.45. The van der Waals surface area contributed by atoms with Crippen molar-refractivity contribution in [2.45, 2.75) is 0 Å². The average molecular weight is 639 g/mol. The van der Waals surface area contributed by atoms with Crippen molar-refractivity contribution < 1.29 is 0 Å². The van der Waals surface area contributed by atoms with Crippen molar-refractivity contribution in [3.63, 3.8) is 0 Å². The quantitative estimate of drug-likeness (QED) is 0.169. The van der Waals surface area contributed by atoms with Gasteiger partial charge in [0.2, 0.25) is 0 Å². The lowest BCUT2D eigenvalue weighted by atomic mass is 9.92. The van der Waals surface area contributed by atoms with Gasteiger partial charge in [-0.05, 0) is 76.3 Å². The van der Waals surface area contributed by atoms with Crippen molar-refractivity contribution in [1.82, 2.24) is 4.57 Å². The van der Waals surface area contributed by atoms with E-state index in [9.17, 15) is 0 Å². The van der Waals surface area contributed by atoms with Crippen LogP contribution in [0.25, 0.3) is 60.9 Å². The van der Waals surface area contributed by atoms with Gasteiger partial charge in [-0.1, -0.05) is 158 Å². The molecule has 9 rings (SSSR count). The first-order chi connectivity index (χ1) is 24.8. The van der Waals surface area contributed by atoms with E-state index in [0.29, 0.717) is 0 Å². The van der Waals surface area contributed by atoms with Crippen LogP contribution in [0.1, 0.15) is 0 Å². The summed E-state index contributed by atoms with van der Waals surface area (Å²) < 4.78 is 2.43. The Hall–Kier alpha value is -6.64. The fourth-order valence-corrected chi connectivity index (χ4v) is 7.40. The largest absolute Gasteiger partial charge is 0.310 e. The summed E-state index contributed by atoms with van der Waals surface area (Å²) in [6, 6.07) is 74.0. The predicted molar refractivity (Wildman–Crippen MR) is 212 cm³/mol. The fourth-order valence-electron chi connectivity index (χ4n) is 7.40. The second kappa shape index (κ2) is 12.8. The van der Waals surface area contributed by atoms with Gasteiger partial charge < -0.3 is 9.47 Å². The summed E-state index contributed by atoms with van der Waals surface area (Å²) in [5.41, 5.74) is 14.1. The molecule has 9 aromatic rings. The lowest BCUT2D eigenvalue weighted by Gasteiger charge is -2.28. The van der Waals surface area contributed by atoms with E-state index in [4.69, 9.17) is 0 Å². The predicted octanol–water partition coefficient (Wildman–Crippen LogP) is 13.3. The third kappa shape index (κ3) is 5.15. The topological polar surface area (TPSA) is 8.17 Å². The molecule has 0 saturated carbocycles.